The quantitative estimate of drug-likeness (QED) is 0.772. The van der Waals surface area contributed by atoms with Crippen LogP contribution in [0.5, 0.6) is 0 Å². The van der Waals surface area contributed by atoms with Crippen molar-refractivity contribution in [2.24, 2.45) is 5.92 Å². The van der Waals surface area contributed by atoms with Gasteiger partial charge in [-0.1, -0.05) is 6.92 Å². The van der Waals surface area contributed by atoms with Gasteiger partial charge in [-0.05, 0) is 38.1 Å². The van der Waals surface area contributed by atoms with Gasteiger partial charge in [-0.3, -0.25) is 4.79 Å². The van der Waals surface area contributed by atoms with Crippen molar-refractivity contribution in [3.63, 3.8) is 0 Å². The number of carbonyl (C=O) groups excluding carboxylic acids is 1. The molecule has 0 aliphatic carbocycles. The summed E-state index contributed by atoms with van der Waals surface area (Å²) in [7, 11) is 0. The maximum absolute atomic E-state index is 11.7. The topological polar surface area (TPSA) is 50.4 Å². The van der Waals surface area contributed by atoms with Gasteiger partial charge in [-0.2, -0.15) is 0 Å². The minimum Gasteiger partial charge on any atom is -0.378 e. The van der Waals surface area contributed by atoms with E-state index in [1.54, 1.807) is 0 Å². The zero-order valence-corrected chi connectivity index (χ0v) is 10.7. The van der Waals surface area contributed by atoms with Gasteiger partial charge in [0.2, 0.25) is 5.91 Å². The number of nitrogens with one attached hydrogen (secondary N) is 2. The molecule has 2 saturated heterocycles. The molecule has 0 aromatic carbocycles. The maximum Gasteiger partial charge on any atom is 0.222 e. The van der Waals surface area contributed by atoms with Gasteiger partial charge in [0.25, 0.3) is 0 Å². The van der Waals surface area contributed by atoms with Gasteiger partial charge in [0.05, 0.1) is 12.5 Å². The molecule has 2 heterocycles. The highest BCUT2D eigenvalue weighted by molar-refractivity contribution is 5.76. The smallest absolute Gasteiger partial charge is 0.222 e. The second kappa shape index (κ2) is 6.36. The van der Waals surface area contributed by atoms with Gasteiger partial charge in [-0.25, -0.2) is 0 Å². The molecule has 2 rings (SSSR count). The normalized spacial score (nSPS) is 33.6. The van der Waals surface area contributed by atoms with Crippen LogP contribution in [-0.2, 0) is 9.53 Å². The first-order chi connectivity index (χ1) is 8.25. The van der Waals surface area contributed by atoms with Gasteiger partial charge >= 0.3 is 0 Å². The third-order valence-electron chi connectivity index (χ3n) is 3.89. The van der Waals surface area contributed by atoms with Crippen LogP contribution >= 0.6 is 0 Å². The predicted octanol–water partition coefficient (Wildman–Crippen LogP) is 1.06. The summed E-state index contributed by atoms with van der Waals surface area (Å²) in [5.41, 5.74) is 0. The van der Waals surface area contributed by atoms with Crippen molar-refractivity contribution >= 4 is 5.91 Å². The zero-order chi connectivity index (χ0) is 12.1. The fraction of sp³-hybridized carbons (Fsp3) is 0.923. The predicted molar refractivity (Wildman–Crippen MR) is 66.8 cm³/mol. The van der Waals surface area contributed by atoms with Crippen LogP contribution in [0.1, 0.15) is 39.0 Å². The Labute approximate surface area is 103 Å². The Hall–Kier alpha value is -0.610. The van der Waals surface area contributed by atoms with Crippen LogP contribution in [0.15, 0.2) is 0 Å². The van der Waals surface area contributed by atoms with Crippen LogP contribution in [0.2, 0.25) is 0 Å². The lowest BCUT2D eigenvalue weighted by molar-refractivity contribution is -0.123. The molecule has 0 radical (unpaired) electrons. The molecule has 0 bridgehead atoms. The molecule has 17 heavy (non-hydrogen) atoms. The molecule has 98 valence electrons. The van der Waals surface area contributed by atoms with E-state index in [0.29, 0.717) is 18.4 Å². The highest BCUT2D eigenvalue weighted by Crippen LogP contribution is 2.16. The van der Waals surface area contributed by atoms with Crippen LogP contribution < -0.4 is 10.6 Å². The summed E-state index contributed by atoms with van der Waals surface area (Å²) in [4.78, 5) is 11.7. The number of ether oxygens (including phenoxy) is 1. The molecule has 0 spiro atoms. The second-order valence-electron chi connectivity index (χ2n) is 5.32. The highest BCUT2D eigenvalue weighted by atomic mass is 16.5. The Bertz CT molecular complexity index is 252. The molecule has 0 aromatic heterocycles. The summed E-state index contributed by atoms with van der Waals surface area (Å²) in [5.74, 6) is 0.795. The Balaban J connectivity index is 1.64. The molecular formula is C13H24N2O2. The molecular weight excluding hydrogens is 216 g/mol. The van der Waals surface area contributed by atoms with Crippen LogP contribution in [0.4, 0.5) is 0 Å². The van der Waals surface area contributed by atoms with E-state index in [-0.39, 0.29) is 12.0 Å². The lowest BCUT2D eigenvalue weighted by Gasteiger charge is -2.30. The van der Waals surface area contributed by atoms with Crippen molar-refractivity contribution in [2.75, 3.05) is 19.7 Å². The van der Waals surface area contributed by atoms with Crippen molar-refractivity contribution in [3.8, 4) is 0 Å². The molecule has 1 amide bonds. The molecule has 4 nitrogen and oxygen atoms in total. The highest BCUT2D eigenvalue weighted by Gasteiger charge is 2.22. The molecule has 3 atom stereocenters. The number of hydrogen-bond donors (Lipinski definition) is 2. The maximum atomic E-state index is 11.7. The van der Waals surface area contributed by atoms with E-state index in [1.807, 2.05) is 0 Å². The minimum atomic E-state index is 0.136. The average molecular weight is 240 g/mol. The number of rotatable bonds is 4. The third-order valence-corrected chi connectivity index (χ3v) is 3.89. The molecule has 2 aliphatic rings. The fourth-order valence-corrected chi connectivity index (χ4v) is 2.70. The van der Waals surface area contributed by atoms with E-state index in [2.05, 4.69) is 17.6 Å². The van der Waals surface area contributed by atoms with Crippen LogP contribution in [0.25, 0.3) is 0 Å². The number of piperidine rings is 1. The summed E-state index contributed by atoms with van der Waals surface area (Å²) in [6, 6.07) is 0.442. The van der Waals surface area contributed by atoms with E-state index in [9.17, 15) is 4.79 Å². The van der Waals surface area contributed by atoms with Gasteiger partial charge < -0.3 is 15.4 Å². The number of carbonyl (C=O) groups is 1. The molecule has 0 saturated carbocycles. The van der Waals surface area contributed by atoms with Gasteiger partial charge in [0.15, 0.2) is 0 Å². The molecule has 3 unspecified atom stereocenters. The number of hydrogen-bond acceptors (Lipinski definition) is 3. The van der Waals surface area contributed by atoms with Crippen molar-refractivity contribution < 1.29 is 9.53 Å². The van der Waals surface area contributed by atoms with Gasteiger partial charge in [0.1, 0.15) is 0 Å². The standard InChI is InChI=1S/C13H24N2O2/c1-10-4-2-6-14-12(10)9-15-13(16)8-11-5-3-7-17-11/h10-12,14H,2-9H2,1H3,(H,15,16). The van der Waals surface area contributed by atoms with Gasteiger partial charge in [0, 0.05) is 19.2 Å². The van der Waals surface area contributed by atoms with Gasteiger partial charge in [-0.15, -0.1) is 0 Å². The lowest BCUT2D eigenvalue weighted by atomic mass is 9.93. The fourth-order valence-electron chi connectivity index (χ4n) is 2.70. The second-order valence-corrected chi connectivity index (χ2v) is 5.32. The number of amides is 1. The largest absolute Gasteiger partial charge is 0.378 e. The van der Waals surface area contributed by atoms with Crippen molar-refractivity contribution in [2.45, 2.75) is 51.2 Å². The van der Waals surface area contributed by atoms with Crippen molar-refractivity contribution in [1.29, 1.82) is 0 Å². The Morgan fingerprint density at radius 2 is 2.29 bits per heavy atom. The molecule has 2 N–H and O–H groups in total. The molecule has 4 heteroatoms. The van der Waals surface area contributed by atoms with Crippen molar-refractivity contribution in [3.05, 3.63) is 0 Å². The first-order valence-corrected chi connectivity index (χ1v) is 6.87. The first-order valence-electron chi connectivity index (χ1n) is 6.87. The van der Waals surface area contributed by atoms with Crippen LogP contribution in [0, 0.1) is 5.92 Å². The minimum absolute atomic E-state index is 0.136. The lowest BCUT2D eigenvalue weighted by Crippen LogP contribution is -2.48. The Morgan fingerprint density at radius 1 is 1.41 bits per heavy atom. The van der Waals surface area contributed by atoms with Crippen LogP contribution in [-0.4, -0.2) is 37.7 Å². The zero-order valence-electron chi connectivity index (χ0n) is 10.7. The monoisotopic (exact) mass is 240 g/mol. The van der Waals surface area contributed by atoms with E-state index in [4.69, 9.17) is 4.74 Å². The van der Waals surface area contributed by atoms with E-state index in [0.717, 1.165) is 32.5 Å². The molecule has 2 fully saturated rings. The Kier molecular flexibility index (Phi) is 4.80. The van der Waals surface area contributed by atoms with Crippen LogP contribution in [0.3, 0.4) is 0 Å². The first kappa shape index (κ1) is 12.8. The van der Waals surface area contributed by atoms with Crippen molar-refractivity contribution in [1.82, 2.24) is 10.6 Å². The van der Waals surface area contributed by atoms with E-state index >= 15 is 0 Å². The summed E-state index contributed by atoms with van der Waals surface area (Å²) in [6.45, 7) is 4.91. The molecule has 2 aliphatic heterocycles. The summed E-state index contributed by atoms with van der Waals surface area (Å²) in [6.07, 6.45) is 5.33. The summed E-state index contributed by atoms with van der Waals surface area (Å²) in [5, 5.41) is 6.50. The Morgan fingerprint density at radius 3 is 3.00 bits per heavy atom. The summed E-state index contributed by atoms with van der Waals surface area (Å²) < 4.78 is 5.46. The van der Waals surface area contributed by atoms with E-state index < -0.39 is 0 Å². The third kappa shape index (κ3) is 3.96. The summed E-state index contributed by atoms with van der Waals surface area (Å²) >= 11 is 0. The molecule has 0 aromatic rings. The van der Waals surface area contributed by atoms with E-state index in [1.165, 1.54) is 12.8 Å². The average Bonchev–Trinajstić information content (AvgIpc) is 2.81. The SMILES string of the molecule is CC1CCCNC1CNC(=O)CC1CCCO1.